The Morgan fingerprint density at radius 2 is 1.57 bits per heavy atom. The molecule has 8 aromatic rings. The molecule has 0 saturated carbocycles. The van der Waals surface area contributed by atoms with Crippen molar-refractivity contribution in [1.29, 1.82) is 0 Å². The maximum Gasteiger partial charge on any atom is 0.269 e. The molecule has 8 rings (SSSR count). The summed E-state index contributed by atoms with van der Waals surface area (Å²) in [7, 11) is 0. The van der Waals surface area contributed by atoms with Crippen LogP contribution in [0.15, 0.2) is 122 Å². The van der Waals surface area contributed by atoms with Gasteiger partial charge in [-0.2, -0.15) is 0 Å². The van der Waals surface area contributed by atoms with Gasteiger partial charge in [0, 0.05) is 34.7 Å². The number of nitrogens with zero attached hydrogens (tertiary/aromatic N) is 5. The lowest BCUT2D eigenvalue weighted by molar-refractivity contribution is -0.572. The lowest BCUT2D eigenvalue weighted by Gasteiger charge is -2.19. The molecule has 6 nitrogen and oxygen atoms in total. The molecule has 0 bridgehead atoms. The summed E-state index contributed by atoms with van der Waals surface area (Å²) in [5.74, 6) is 1.58. The highest BCUT2D eigenvalue weighted by molar-refractivity contribution is 6.09. The summed E-state index contributed by atoms with van der Waals surface area (Å²) in [4.78, 5) is 9.37. The van der Waals surface area contributed by atoms with E-state index >= 15 is 0 Å². The fourth-order valence-electron chi connectivity index (χ4n) is 7.06. The zero-order chi connectivity index (χ0) is 41.4. The summed E-state index contributed by atoms with van der Waals surface area (Å²) in [6, 6.07) is 33.8. The van der Waals surface area contributed by atoms with E-state index in [-0.39, 0.29) is 11.3 Å². The predicted octanol–water partition coefficient (Wildman–Crippen LogP) is 11.5. The summed E-state index contributed by atoms with van der Waals surface area (Å²) < 4.78 is 48.1. The molecule has 0 spiro atoms. The fourth-order valence-corrected chi connectivity index (χ4v) is 7.06. The molecule has 0 amide bonds. The molecule has 6 heteroatoms. The molecule has 0 radical (unpaired) electrons. The van der Waals surface area contributed by atoms with E-state index in [1.807, 2.05) is 104 Å². The molecule has 4 aromatic heterocycles. The van der Waals surface area contributed by atoms with E-state index in [2.05, 4.69) is 73.0 Å². The first kappa shape index (κ1) is 30.7. The molecule has 0 aliphatic rings. The number of hydrogen-bond donors (Lipinski definition) is 0. The van der Waals surface area contributed by atoms with Crippen LogP contribution in [0.1, 0.15) is 77.6 Å². The summed E-state index contributed by atoms with van der Waals surface area (Å²) in [6.07, 6.45) is 5.66. The van der Waals surface area contributed by atoms with Gasteiger partial charge in [-0.25, -0.2) is 4.98 Å². The summed E-state index contributed by atoms with van der Waals surface area (Å²) in [5, 5.41) is 2.08. The number of para-hydroxylation sites is 1. The predicted molar refractivity (Wildman–Crippen MR) is 220 cm³/mol. The van der Waals surface area contributed by atoms with Crippen molar-refractivity contribution in [3.8, 4) is 28.7 Å². The number of ether oxygens (including phenoxy) is 1. The highest BCUT2D eigenvalue weighted by Crippen LogP contribution is 2.36. The number of benzene rings is 4. The molecule has 272 valence electrons. The van der Waals surface area contributed by atoms with Crippen molar-refractivity contribution in [3.05, 3.63) is 145 Å². The van der Waals surface area contributed by atoms with Gasteiger partial charge in [-0.15, -0.1) is 0 Å². The second kappa shape index (κ2) is 13.6. The number of hydrogen-bond acceptors (Lipinski definition) is 3. The molecule has 54 heavy (non-hydrogen) atoms. The first-order valence-electron chi connectivity index (χ1n) is 20.6. The van der Waals surface area contributed by atoms with Crippen LogP contribution in [0.3, 0.4) is 0 Å². The number of fused-ring (bicyclic) bond motifs is 4. The Labute approximate surface area is 324 Å². The van der Waals surface area contributed by atoms with Crippen LogP contribution < -0.4 is 9.30 Å². The van der Waals surface area contributed by atoms with Crippen LogP contribution in [0.4, 0.5) is 0 Å². The largest absolute Gasteiger partial charge is 0.456 e. The van der Waals surface area contributed by atoms with Crippen molar-refractivity contribution < 1.29 is 14.8 Å². The van der Waals surface area contributed by atoms with E-state index in [0.29, 0.717) is 28.4 Å². The first-order chi connectivity index (χ1) is 27.3. The van der Waals surface area contributed by atoms with Gasteiger partial charge in [-0.1, -0.05) is 103 Å². The SMILES string of the molecule is [2H]C([2H])(c1cccc(-[n+]2[c-]n(-c3cncc(Oc4ccc5c6ccccc6n(-c6cc(C([2H])([2H])C(C)(C)C)ccn6)c5c4)c3)c3cc(C(C)(C)C)ccc32)c1)C(C)C. The topological polar surface area (TPSA) is 48.8 Å². The van der Waals surface area contributed by atoms with E-state index in [4.69, 9.17) is 15.2 Å². The molecular weight excluding hydrogens is 663 g/mol. The first-order valence-corrected chi connectivity index (χ1v) is 18.6. The van der Waals surface area contributed by atoms with Gasteiger partial charge in [0.1, 0.15) is 17.3 Å². The number of pyridine rings is 2. The zero-order valence-electron chi connectivity index (χ0n) is 36.3. The summed E-state index contributed by atoms with van der Waals surface area (Å²) in [5.41, 5.74) is 6.91. The lowest BCUT2D eigenvalue weighted by atomic mass is 9.87. The molecule has 0 N–H and O–H groups in total. The molecule has 0 saturated heterocycles. The van der Waals surface area contributed by atoms with Gasteiger partial charge >= 0.3 is 0 Å². The number of imidazole rings is 1. The van der Waals surface area contributed by atoms with E-state index in [9.17, 15) is 0 Å². The Morgan fingerprint density at radius 1 is 0.759 bits per heavy atom. The Morgan fingerprint density at radius 3 is 2.37 bits per heavy atom. The third-order valence-electron chi connectivity index (χ3n) is 9.41. The Bertz CT molecular complexity index is 2840. The molecule has 0 atom stereocenters. The molecule has 0 unspecified atom stereocenters. The van der Waals surface area contributed by atoms with Gasteiger partial charge in [-0.05, 0) is 95.2 Å². The maximum atomic E-state index is 8.96. The molecule has 4 aromatic carbocycles. The second-order valence-electron chi connectivity index (χ2n) is 16.4. The van der Waals surface area contributed by atoms with Crippen LogP contribution in [-0.4, -0.2) is 19.1 Å². The van der Waals surface area contributed by atoms with Crippen LogP contribution in [0, 0.1) is 17.7 Å². The summed E-state index contributed by atoms with van der Waals surface area (Å²) >= 11 is 0. The van der Waals surface area contributed by atoms with Crippen LogP contribution in [0.25, 0.3) is 50.0 Å². The highest BCUT2D eigenvalue weighted by Gasteiger charge is 2.20. The highest BCUT2D eigenvalue weighted by atomic mass is 16.5. The minimum atomic E-state index is -1.58. The van der Waals surface area contributed by atoms with E-state index in [0.717, 1.165) is 44.2 Å². The van der Waals surface area contributed by atoms with Gasteiger partial charge in [0.2, 0.25) is 0 Å². The summed E-state index contributed by atoms with van der Waals surface area (Å²) in [6.45, 7) is 16.1. The van der Waals surface area contributed by atoms with Crippen LogP contribution >= 0.6 is 0 Å². The third-order valence-corrected chi connectivity index (χ3v) is 9.41. The van der Waals surface area contributed by atoms with Gasteiger partial charge < -0.3 is 4.74 Å². The average molecular weight is 716 g/mol. The Balaban J connectivity index is 1.22. The molecule has 4 heterocycles. The minimum absolute atomic E-state index is 0.0966. The zero-order valence-corrected chi connectivity index (χ0v) is 32.3. The molecule has 0 fully saturated rings. The normalized spacial score (nSPS) is 14.0. The quantitative estimate of drug-likeness (QED) is 0.116. The van der Waals surface area contributed by atoms with Crippen molar-refractivity contribution in [3.63, 3.8) is 0 Å². The lowest BCUT2D eigenvalue weighted by Crippen LogP contribution is -2.29. The molecule has 0 aliphatic carbocycles. The van der Waals surface area contributed by atoms with Crippen LogP contribution in [0.2, 0.25) is 0 Å². The maximum absolute atomic E-state index is 8.96. The van der Waals surface area contributed by atoms with Gasteiger partial charge in [0.25, 0.3) is 6.33 Å². The van der Waals surface area contributed by atoms with Crippen molar-refractivity contribution >= 4 is 32.8 Å². The van der Waals surface area contributed by atoms with E-state index in [1.165, 1.54) is 5.56 Å². The Hall–Kier alpha value is -5.75. The minimum Gasteiger partial charge on any atom is -0.456 e. The molecule has 0 aliphatic heterocycles. The van der Waals surface area contributed by atoms with Crippen LogP contribution in [0.5, 0.6) is 11.5 Å². The smallest absolute Gasteiger partial charge is 0.269 e. The monoisotopic (exact) mass is 715 g/mol. The number of aromatic nitrogens is 5. The van der Waals surface area contributed by atoms with Crippen molar-refractivity contribution in [2.24, 2.45) is 11.3 Å². The second-order valence-corrected chi connectivity index (χ2v) is 16.4. The van der Waals surface area contributed by atoms with Crippen LogP contribution in [-0.2, 0) is 18.2 Å². The standard InChI is InChI=1S/C48H49N5O/c1-32(2)22-33-12-11-13-36(23-33)51-31-52(45-25-35(48(6,7)8)16-19-43(45)51)37-26-39(30-49-29-37)54-38-17-18-41-40-14-9-10-15-42(40)53(44(41)27-38)46-24-34(20-21-50-46)28-47(3,4)5/h9-21,23-27,29-30,32H,22,28H2,1-8H3/i22D2,28D2. The van der Waals surface area contributed by atoms with Crippen molar-refractivity contribution in [2.45, 2.75) is 73.6 Å². The molecular formula is C48H49N5O. The van der Waals surface area contributed by atoms with E-state index < -0.39 is 18.2 Å². The fraction of sp³-hybridized carbons (Fsp3) is 0.271. The number of rotatable bonds is 8. The average Bonchev–Trinajstić information content (AvgIpc) is 3.73. The van der Waals surface area contributed by atoms with Crippen molar-refractivity contribution in [1.82, 2.24) is 19.1 Å². The Kier molecular flexibility index (Phi) is 7.72. The van der Waals surface area contributed by atoms with E-state index in [1.54, 1.807) is 24.7 Å². The van der Waals surface area contributed by atoms with Gasteiger partial charge in [0.05, 0.1) is 39.6 Å². The van der Waals surface area contributed by atoms with Crippen molar-refractivity contribution in [2.75, 3.05) is 0 Å². The van der Waals surface area contributed by atoms with Gasteiger partial charge in [0.15, 0.2) is 0 Å². The third kappa shape index (κ3) is 7.01. The van der Waals surface area contributed by atoms with Gasteiger partial charge in [-0.3, -0.25) is 18.7 Å².